The fourth-order valence-corrected chi connectivity index (χ4v) is 4.83. The van der Waals surface area contributed by atoms with Crippen molar-refractivity contribution < 1.29 is 8.42 Å². The lowest BCUT2D eigenvalue weighted by Gasteiger charge is -2.36. The highest BCUT2D eigenvalue weighted by Crippen LogP contribution is 2.22. The molecule has 20 heavy (non-hydrogen) atoms. The molecular formula is C13H29N3O2S2. The highest BCUT2D eigenvalue weighted by Gasteiger charge is 2.33. The summed E-state index contributed by atoms with van der Waals surface area (Å²) in [5, 5.41) is 3.15. The molecule has 1 aliphatic rings. The molecule has 0 aromatic rings. The Morgan fingerprint density at radius 1 is 1.50 bits per heavy atom. The molecule has 0 saturated carbocycles. The van der Waals surface area contributed by atoms with Gasteiger partial charge in [0.2, 0.25) is 0 Å². The van der Waals surface area contributed by atoms with Crippen molar-refractivity contribution in [2.45, 2.75) is 32.2 Å². The Morgan fingerprint density at radius 2 is 2.20 bits per heavy atom. The van der Waals surface area contributed by atoms with Crippen LogP contribution in [0.25, 0.3) is 0 Å². The van der Waals surface area contributed by atoms with Crippen LogP contribution < -0.4 is 5.32 Å². The summed E-state index contributed by atoms with van der Waals surface area (Å²) >= 11 is 1.76. The molecule has 0 radical (unpaired) electrons. The van der Waals surface area contributed by atoms with Gasteiger partial charge in [0.1, 0.15) is 0 Å². The quantitative estimate of drug-likeness (QED) is 0.730. The van der Waals surface area contributed by atoms with E-state index in [1.165, 1.54) is 0 Å². The minimum Gasteiger partial charge on any atom is -0.319 e. The lowest BCUT2D eigenvalue weighted by Crippen LogP contribution is -2.50. The molecule has 0 aliphatic carbocycles. The third-order valence-corrected chi connectivity index (χ3v) is 6.74. The van der Waals surface area contributed by atoms with Gasteiger partial charge in [-0.1, -0.05) is 0 Å². The minimum atomic E-state index is -3.31. The summed E-state index contributed by atoms with van der Waals surface area (Å²) in [4.78, 5) is 0. The summed E-state index contributed by atoms with van der Waals surface area (Å²) in [6.45, 7) is 4.17. The van der Waals surface area contributed by atoms with Crippen LogP contribution in [0.3, 0.4) is 0 Å². The fourth-order valence-electron chi connectivity index (χ4n) is 2.57. The van der Waals surface area contributed by atoms with Gasteiger partial charge >= 0.3 is 0 Å². The number of thioether (sulfide) groups is 1. The van der Waals surface area contributed by atoms with Gasteiger partial charge < -0.3 is 5.32 Å². The maximum atomic E-state index is 12.7. The van der Waals surface area contributed by atoms with Gasteiger partial charge in [-0.15, -0.1) is 0 Å². The average Bonchev–Trinajstić information content (AvgIpc) is 2.44. The molecule has 0 bridgehead atoms. The Bertz CT molecular complexity index is 374. The zero-order valence-corrected chi connectivity index (χ0v) is 14.8. The van der Waals surface area contributed by atoms with Gasteiger partial charge in [0.25, 0.3) is 10.2 Å². The van der Waals surface area contributed by atoms with E-state index in [0.717, 1.165) is 31.6 Å². The SMILES string of the molecule is CNCC1CCCN(S(=O)(=O)N(C)C(C)CCSC)C1. The highest BCUT2D eigenvalue weighted by atomic mass is 32.2. The van der Waals surface area contributed by atoms with E-state index < -0.39 is 10.2 Å². The van der Waals surface area contributed by atoms with E-state index >= 15 is 0 Å². The first kappa shape index (κ1) is 18.2. The molecule has 0 amide bonds. The van der Waals surface area contributed by atoms with Gasteiger partial charge in [0.15, 0.2) is 0 Å². The Balaban J connectivity index is 2.66. The van der Waals surface area contributed by atoms with E-state index in [1.54, 1.807) is 27.4 Å². The van der Waals surface area contributed by atoms with Crippen LogP contribution in [0, 0.1) is 5.92 Å². The van der Waals surface area contributed by atoms with Gasteiger partial charge in [-0.25, -0.2) is 0 Å². The lowest BCUT2D eigenvalue weighted by molar-refractivity contribution is 0.241. The molecule has 2 unspecified atom stereocenters. The van der Waals surface area contributed by atoms with Crippen LogP contribution in [0.15, 0.2) is 0 Å². The molecule has 1 fully saturated rings. The van der Waals surface area contributed by atoms with Crippen molar-refractivity contribution in [3.63, 3.8) is 0 Å². The van der Waals surface area contributed by atoms with Crippen molar-refractivity contribution in [1.82, 2.24) is 13.9 Å². The van der Waals surface area contributed by atoms with E-state index in [4.69, 9.17) is 0 Å². The summed E-state index contributed by atoms with van der Waals surface area (Å²) in [6.07, 6.45) is 5.01. The van der Waals surface area contributed by atoms with Gasteiger partial charge in [0, 0.05) is 26.2 Å². The van der Waals surface area contributed by atoms with Gasteiger partial charge in [-0.05, 0) is 57.7 Å². The normalized spacial score (nSPS) is 23.1. The van der Waals surface area contributed by atoms with Crippen LogP contribution >= 0.6 is 11.8 Å². The summed E-state index contributed by atoms with van der Waals surface area (Å²) in [5.41, 5.74) is 0. The van der Waals surface area contributed by atoms with Crippen molar-refractivity contribution in [2.24, 2.45) is 5.92 Å². The number of nitrogens with zero attached hydrogens (tertiary/aromatic N) is 2. The molecule has 2 atom stereocenters. The van der Waals surface area contributed by atoms with Gasteiger partial charge in [-0.3, -0.25) is 0 Å². The molecule has 0 aromatic carbocycles. The standard InChI is InChI=1S/C13H29N3O2S2/c1-12(7-9-19-4)15(3)20(17,18)16-8-5-6-13(11-16)10-14-2/h12-14H,5-11H2,1-4H3. The topological polar surface area (TPSA) is 52.7 Å². The van der Waals surface area contributed by atoms with Crippen LogP contribution in [0.2, 0.25) is 0 Å². The monoisotopic (exact) mass is 323 g/mol. The summed E-state index contributed by atoms with van der Waals surface area (Å²) in [7, 11) is 0.318. The predicted molar refractivity (Wildman–Crippen MR) is 87.4 cm³/mol. The first-order valence-corrected chi connectivity index (χ1v) is 10.1. The molecule has 1 rings (SSSR count). The molecular weight excluding hydrogens is 294 g/mol. The molecule has 120 valence electrons. The Hall–Kier alpha value is 0.180. The third-order valence-electron chi connectivity index (χ3n) is 4.03. The molecule has 0 spiro atoms. The Morgan fingerprint density at radius 3 is 2.80 bits per heavy atom. The van der Waals surface area contributed by atoms with E-state index in [-0.39, 0.29) is 6.04 Å². The van der Waals surface area contributed by atoms with E-state index in [1.807, 2.05) is 20.2 Å². The third kappa shape index (κ3) is 4.87. The second-order valence-corrected chi connectivity index (χ2v) is 8.55. The van der Waals surface area contributed by atoms with Gasteiger partial charge in [-0.2, -0.15) is 28.8 Å². The number of nitrogens with one attached hydrogen (secondary N) is 1. The van der Waals surface area contributed by atoms with Gasteiger partial charge in [0.05, 0.1) is 0 Å². The molecule has 0 aromatic heterocycles. The number of piperidine rings is 1. The van der Waals surface area contributed by atoms with Crippen molar-refractivity contribution in [1.29, 1.82) is 0 Å². The fraction of sp³-hybridized carbons (Fsp3) is 1.00. The molecule has 1 saturated heterocycles. The highest BCUT2D eigenvalue weighted by molar-refractivity contribution is 7.98. The second-order valence-electron chi connectivity index (χ2n) is 5.58. The van der Waals surface area contributed by atoms with E-state index in [2.05, 4.69) is 5.32 Å². The van der Waals surface area contributed by atoms with Crippen LogP contribution in [0.4, 0.5) is 0 Å². The zero-order chi connectivity index (χ0) is 15.2. The Kier molecular flexibility index (Phi) is 7.82. The van der Waals surface area contributed by atoms with E-state index in [9.17, 15) is 8.42 Å². The maximum Gasteiger partial charge on any atom is 0.281 e. The predicted octanol–water partition coefficient (Wildman–Crippen LogP) is 1.24. The van der Waals surface area contributed by atoms with Crippen LogP contribution in [-0.4, -0.2) is 68.8 Å². The zero-order valence-electron chi connectivity index (χ0n) is 13.1. The second kappa shape index (κ2) is 8.58. The first-order chi connectivity index (χ1) is 9.43. The average molecular weight is 324 g/mol. The number of hydrogen-bond donors (Lipinski definition) is 1. The Labute approximate surface area is 128 Å². The van der Waals surface area contributed by atoms with Crippen molar-refractivity contribution in [2.75, 3.05) is 45.7 Å². The molecule has 1 aliphatic heterocycles. The summed E-state index contributed by atoms with van der Waals surface area (Å²) < 4.78 is 28.5. The van der Waals surface area contributed by atoms with Crippen LogP contribution in [0.5, 0.6) is 0 Å². The van der Waals surface area contributed by atoms with E-state index in [0.29, 0.717) is 19.0 Å². The molecule has 1 N–H and O–H groups in total. The first-order valence-electron chi connectivity index (χ1n) is 7.30. The molecule has 1 heterocycles. The molecule has 5 nitrogen and oxygen atoms in total. The summed E-state index contributed by atoms with van der Waals surface area (Å²) in [5.74, 6) is 1.42. The summed E-state index contributed by atoms with van der Waals surface area (Å²) in [6, 6.07) is 0.0529. The lowest BCUT2D eigenvalue weighted by atomic mass is 10.00. The largest absolute Gasteiger partial charge is 0.319 e. The smallest absolute Gasteiger partial charge is 0.281 e. The molecule has 7 heteroatoms. The van der Waals surface area contributed by atoms with Crippen molar-refractivity contribution in [3.05, 3.63) is 0 Å². The maximum absolute atomic E-state index is 12.7. The van der Waals surface area contributed by atoms with Crippen LogP contribution in [-0.2, 0) is 10.2 Å². The van der Waals surface area contributed by atoms with Crippen molar-refractivity contribution >= 4 is 22.0 Å². The van der Waals surface area contributed by atoms with Crippen LogP contribution in [0.1, 0.15) is 26.2 Å². The minimum absolute atomic E-state index is 0.0529. The number of hydrogen-bond acceptors (Lipinski definition) is 4. The van der Waals surface area contributed by atoms with Crippen molar-refractivity contribution in [3.8, 4) is 0 Å². The number of rotatable bonds is 8.